The second-order valence-corrected chi connectivity index (χ2v) is 11.3. The first-order valence-corrected chi connectivity index (χ1v) is 11.8. The molecule has 0 heterocycles. The van der Waals surface area contributed by atoms with Gasteiger partial charge in [-0.3, -0.25) is 4.79 Å². The number of aliphatic hydroxyl groups excluding tert-OH is 2. The lowest BCUT2D eigenvalue weighted by Gasteiger charge is -2.62. The molecular formula is C24H40O4. The van der Waals surface area contributed by atoms with Crippen LogP contribution in [0.2, 0.25) is 0 Å². The molecule has 4 aliphatic carbocycles. The summed E-state index contributed by atoms with van der Waals surface area (Å²) in [4.78, 5) is 11.1. The fourth-order valence-electron chi connectivity index (χ4n) is 8.71. The third-order valence-electron chi connectivity index (χ3n) is 10.3. The molecule has 4 heteroatoms. The molecule has 0 saturated heterocycles. The Hall–Kier alpha value is -0.610. The highest BCUT2D eigenvalue weighted by Gasteiger charge is 2.63. The summed E-state index contributed by atoms with van der Waals surface area (Å²) < 4.78 is 0. The first-order chi connectivity index (χ1) is 13.2. The molecule has 4 nitrogen and oxygen atoms in total. The van der Waals surface area contributed by atoms with E-state index in [2.05, 4.69) is 20.8 Å². The molecule has 0 amide bonds. The molecule has 0 bridgehead atoms. The van der Waals surface area contributed by atoms with Crippen molar-refractivity contribution >= 4 is 5.97 Å². The maximum absolute atomic E-state index is 11.5. The fraction of sp³-hybridized carbons (Fsp3) is 0.958. The van der Waals surface area contributed by atoms with E-state index in [0.29, 0.717) is 35.5 Å². The van der Waals surface area contributed by atoms with Crippen molar-refractivity contribution < 1.29 is 20.1 Å². The average Bonchev–Trinajstić information content (AvgIpc) is 3.00. The molecule has 4 saturated carbocycles. The van der Waals surface area contributed by atoms with E-state index in [1.54, 1.807) is 0 Å². The molecule has 0 spiro atoms. The van der Waals surface area contributed by atoms with Crippen molar-refractivity contribution in [2.45, 2.75) is 97.2 Å². The third-order valence-corrected chi connectivity index (χ3v) is 10.3. The van der Waals surface area contributed by atoms with Crippen LogP contribution in [0, 0.1) is 46.3 Å². The zero-order chi connectivity index (χ0) is 20.3. The largest absolute Gasteiger partial charge is 0.481 e. The lowest BCUT2D eigenvalue weighted by atomic mass is 9.43. The standard InChI is InChI=1S/C24H40O4/c1-14(4-9-22(27)28)18-7-8-19-17-6-5-15-12-16(25)10-11-23(15,2)20(17)13-21(26)24(18,19)3/h14-21,25-26H,4-13H2,1-3H3,(H,27,28)/t14-,15-,16-,17+,18+,19-,20+,21+,23+,24+/m1/s1. The summed E-state index contributed by atoms with van der Waals surface area (Å²) >= 11 is 0. The monoisotopic (exact) mass is 392 g/mol. The molecule has 3 N–H and O–H groups in total. The van der Waals surface area contributed by atoms with Gasteiger partial charge >= 0.3 is 5.97 Å². The molecule has 0 unspecified atom stereocenters. The summed E-state index contributed by atoms with van der Waals surface area (Å²) in [7, 11) is 0. The van der Waals surface area contributed by atoms with Crippen molar-refractivity contribution in [1.29, 1.82) is 0 Å². The van der Waals surface area contributed by atoms with Crippen LogP contribution in [-0.4, -0.2) is 33.5 Å². The maximum atomic E-state index is 11.5. The van der Waals surface area contributed by atoms with E-state index < -0.39 is 5.97 Å². The first-order valence-electron chi connectivity index (χ1n) is 11.8. The molecule has 0 aromatic carbocycles. The van der Waals surface area contributed by atoms with Gasteiger partial charge in [-0.1, -0.05) is 20.8 Å². The average molecular weight is 393 g/mol. The number of fused-ring (bicyclic) bond motifs is 5. The molecule has 10 atom stereocenters. The normalized spacial score (nSPS) is 51.7. The molecule has 0 radical (unpaired) electrons. The Morgan fingerprint density at radius 2 is 1.79 bits per heavy atom. The summed E-state index contributed by atoms with van der Waals surface area (Å²) in [6.45, 7) is 6.99. The van der Waals surface area contributed by atoms with Gasteiger partial charge < -0.3 is 15.3 Å². The molecule has 4 fully saturated rings. The summed E-state index contributed by atoms with van der Waals surface area (Å²) in [5.74, 6) is 2.55. The Morgan fingerprint density at radius 1 is 1.04 bits per heavy atom. The number of carbonyl (C=O) groups is 1. The van der Waals surface area contributed by atoms with Crippen LogP contribution in [-0.2, 0) is 4.79 Å². The summed E-state index contributed by atoms with van der Waals surface area (Å²) in [6.07, 6.45) is 9.26. The summed E-state index contributed by atoms with van der Waals surface area (Å²) in [5.41, 5.74) is 0.216. The molecule has 0 aromatic rings. The lowest BCUT2D eigenvalue weighted by Crippen LogP contribution is -2.58. The highest BCUT2D eigenvalue weighted by Crippen LogP contribution is 2.68. The van der Waals surface area contributed by atoms with Gasteiger partial charge in [-0.2, -0.15) is 0 Å². The molecule has 160 valence electrons. The van der Waals surface area contributed by atoms with Crippen molar-refractivity contribution in [3.63, 3.8) is 0 Å². The Labute approximate surface area is 170 Å². The van der Waals surface area contributed by atoms with E-state index in [1.807, 2.05) is 0 Å². The molecule has 4 aliphatic rings. The van der Waals surface area contributed by atoms with Crippen molar-refractivity contribution in [2.24, 2.45) is 46.3 Å². The van der Waals surface area contributed by atoms with Crippen LogP contribution in [0.15, 0.2) is 0 Å². The summed E-state index contributed by atoms with van der Waals surface area (Å²) in [6, 6.07) is 0. The lowest BCUT2D eigenvalue weighted by molar-refractivity contribution is -0.175. The highest BCUT2D eigenvalue weighted by molar-refractivity contribution is 5.66. The van der Waals surface area contributed by atoms with Crippen LogP contribution in [0.4, 0.5) is 0 Å². The number of aliphatic hydroxyl groups is 2. The van der Waals surface area contributed by atoms with Gasteiger partial charge in [0.1, 0.15) is 0 Å². The Kier molecular flexibility index (Phi) is 5.36. The van der Waals surface area contributed by atoms with Gasteiger partial charge in [0.15, 0.2) is 0 Å². The van der Waals surface area contributed by atoms with E-state index in [0.717, 1.165) is 38.5 Å². The predicted molar refractivity (Wildman–Crippen MR) is 109 cm³/mol. The van der Waals surface area contributed by atoms with Crippen molar-refractivity contribution in [1.82, 2.24) is 0 Å². The Bertz CT molecular complexity index is 605. The Morgan fingerprint density at radius 3 is 2.50 bits per heavy atom. The van der Waals surface area contributed by atoms with Crippen LogP contribution >= 0.6 is 0 Å². The van der Waals surface area contributed by atoms with Crippen LogP contribution in [0.25, 0.3) is 0 Å². The number of carboxylic acids is 1. The first kappa shape index (κ1) is 20.7. The number of rotatable bonds is 4. The molecule has 28 heavy (non-hydrogen) atoms. The van der Waals surface area contributed by atoms with E-state index in [4.69, 9.17) is 5.11 Å². The van der Waals surface area contributed by atoms with Crippen molar-refractivity contribution in [3.05, 3.63) is 0 Å². The van der Waals surface area contributed by atoms with Gasteiger partial charge in [0.2, 0.25) is 0 Å². The van der Waals surface area contributed by atoms with Crippen molar-refractivity contribution in [3.8, 4) is 0 Å². The van der Waals surface area contributed by atoms with Gasteiger partial charge in [-0.25, -0.2) is 0 Å². The highest BCUT2D eigenvalue weighted by atomic mass is 16.4. The number of aliphatic carboxylic acids is 1. The second kappa shape index (κ2) is 7.27. The SMILES string of the molecule is C[C@H](CCC(=O)O)[C@@H]1CC[C@@H]2[C@@H]3CC[C@@H]4C[C@H](O)CC[C@]4(C)[C@H]3C[C@H](O)[C@]21C. The van der Waals surface area contributed by atoms with Crippen LogP contribution in [0.3, 0.4) is 0 Å². The van der Waals surface area contributed by atoms with E-state index in [9.17, 15) is 15.0 Å². The smallest absolute Gasteiger partial charge is 0.303 e. The van der Waals surface area contributed by atoms with Crippen LogP contribution < -0.4 is 0 Å². The summed E-state index contributed by atoms with van der Waals surface area (Å²) in [5, 5.41) is 30.8. The minimum atomic E-state index is -0.707. The molecule has 0 aromatic heterocycles. The van der Waals surface area contributed by atoms with E-state index in [-0.39, 0.29) is 29.5 Å². The van der Waals surface area contributed by atoms with Gasteiger partial charge in [0, 0.05) is 6.42 Å². The van der Waals surface area contributed by atoms with Gasteiger partial charge in [-0.05, 0) is 104 Å². The van der Waals surface area contributed by atoms with Gasteiger partial charge in [0.25, 0.3) is 0 Å². The zero-order valence-electron chi connectivity index (χ0n) is 17.9. The fourth-order valence-corrected chi connectivity index (χ4v) is 8.71. The maximum Gasteiger partial charge on any atom is 0.303 e. The Balaban J connectivity index is 1.56. The second-order valence-electron chi connectivity index (χ2n) is 11.3. The van der Waals surface area contributed by atoms with Crippen LogP contribution in [0.1, 0.15) is 85.0 Å². The topological polar surface area (TPSA) is 77.8 Å². The number of hydrogen-bond donors (Lipinski definition) is 3. The van der Waals surface area contributed by atoms with Gasteiger partial charge in [-0.15, -0.1) is 0 Å². The minimum absolute atomic E-state index is 0.0591. The van der Waals surface area contributed by atoms with Crippen LogP contribution in [0.5, 0.6) is 0 Å². The molecule has 0 aliphatic heterocycles. The quantitative estimate of drug-likeness (QED) is 0.659. The van der Waals surface area contributed by atoms with E-state index in [1.165, 1.54) is 19.3 Å². The molecule has 4 rings (SSSR count). The zero-order valence-corrected chi connectivity index (χ0v) is 17.9. The van der Waals surface area contributed by atoms with E-state index >= 15 is 0 Å². The number of carboxylic acid groups (broad SMARTS) is 1. The molecular weight excluding hydrogens is 352 g/mol. The number of hydrogen-bond acceptors (Lipinski definition) is 3. The predicted octanol–water partition coefficient (Wildman–Crippen LogP) is 4.48. The minimum Gasteiger partial charge on any atom is -0.481 e. The van der Waals surface area contributed by atoms with Crippen molar-refractivity contribution in [2.75, 3.05) is 0 Å². The van der Waals surface area contributed by atoms with Gasteiger partial charge in [0.05, 0.1) is 12.2 Å². The third kappa shape index (κ3) is 3.05.